The van der Waals surface area contributed by atoms with Crippen molar-refractivity contribution in [2.24, 2.45) is 5.92 Å². The lowest BCUT2D eigenvalue weighted by atomic mass is 10.1. The zero-order valence-corrected chi connectivity index (χ0v) is 10.8. The van der Waals surface area contributed by atoms with Crippen LogP contribution in [-0.2, 0) is 0 Å². The maximum atomic E-state index is 12.2. The molecule has 1 amide bonds. The fraction of sp³-hybridized carbons (Fsp3) is 0.417. The topological polar surface area (TPSA) is 46.3 Å². The van der Waals surface area contributed by atoms with Crippen molar-refractivity contribution in [2.45, 2.75) is 13.3 Å². The lowest BCUT2D eigenvalue weighted by molar-refractivity contribution is 0.0787. The molecule has 1 aromatic rings. The van der Waals surface area contributed by atoms with Crippen LogP contribution in [0.2, 0.25) is 0 Å². The number of halogens is 1. The number of amides is 1. The Kier molecular flexibility index (Phi) is 3.19. The van der Waals surface area contributed by atoms with Gasteiger partial charge in [-0.1, -0.05) is 6.92 Å². The predicted molar refractivity (Wildman–Crippen MR) is 68.2 cm³/mol. The van der Waals surface area contributed by atoms with Crippen LogP contribution in [-0.4, -0.2) is 23.9 Å². The van der Waals surface area contributed by atoms with Crippen molar-refractivity contribution < 1.29 is 4.79 Å². The number of carbonyl (C=O) groups excluding carboxylic acids is 1. The quantitative estimate of drug-likeness (QED) is 0.805. The number of nitrogen functional groups attached to an aromatic ring is 1. The summed E-state index contributed by atoms with van der Waals surface area (Å²) in [4.78, 5) is 14.1. The number of carbonyl (C=O) groups is 1. The molecule has 16 heavy (non-hydrogen) atoms. The van der Waals surface area contributed by atoms with E-state index in [0.717, 1.165) is 24.0 Å². The van der Waals surface area contributed by atoms with Crippen LogP contribution in [0.15, 0.2) is 22.7 Å². The van der Waals surface area contributed by atoms with Crippen molar-refractivity contribution in [2.75, 3.05) is 18.8 Å². The Morgan fingerprint density at radius 3 is 2.94 bits per heavy atom. The van der Waals surface area contributed by atoms with Gasteiger partial charge in [0.25, 0.3) is 5.91 Å². The number of hydrogen-bond acceptors (Lipinski definition) is 2. The molecule has 0 saturated carbocycles. The van der Waals surface area contributed by atoms with Gasteiger partial charge in [0.2, 0.25) is 0 Å². The van der Waals surface area contributed by atoms with Gasteiger partial charge < -0.3 is 10.6 Å². The first-order valence-electron chi connectivity index (χ1n) is 5.42. The van der Waals surface area contributed by atoms with Gasteiger partial charge in [-0.3, -0.25) is 4.79 Å². The number of benzene rings is 1. The summed E-state index contributed by atoms with van der Waals surface area (Å²) >= 11 is 3.39. The van der Waals surface area contributed by atoms with Gasteiger partial charge in [0.15, 0.2) is 0 Å². The zero-order valence-electron chi connectivity index (χ0n) is 9.24. The Morgan fingerprint density at radius 2 is 2.31 bits per heavy atom. The van der Waals surface area contributed by atoms with Gasteiger partial charge >= 0.3 is 0 Å². The SMILES string of the molecule is CC1CCN(C(=O)c2cc(N)ccc2Br)C1. The molecule has 1 aliphatic heterocycles. The summed E-state index contributed by atoms with van der Waals surface area (Å²) in [5.41, 5.74) is 6.98. The second kappa shape index (κ2) is 4.45. The number of likely N-dealkylation sites (tertiary alicyclic amines) is 1. The monoisotopic (exact) mass is 282 g/mol. The molecule has 1 fully saturated rings. The smallest absolute Gasteiger partial charge is 0.255 e. The van der Waals surface area contributed by atoms with E-state index in [0.29, 0.717) is 17.2 Å². The largest absolute Gasteiger partial charge is 0.399 e. The number of nitrogens with zero attached hydrogens (tertiary/aromatic N) is 1. The Labute approximate surface area is 104 Å². The van der Waals surface area contributed by atoms with E-state index in [1.807, 2.05) is 11.0 Å². The van der Waals surface area contributed by atoms with E-state index in [2.05, 4.69) is 22.9 Å². The highest BCUT2D eigenvalue weighted by molar-refractivity contribution is 9.10. The van der Waals surface area contributed by atoms with Gasteiger partial charge in [-0.15, -0.1) is 0 Å². The summed E-state index contributed by atoms with van der Waals surface area (Å²) in [7, 11) is 0. The standard InChI is InChI=1S/C12H15BrN2O/c1-8-4-5-15(7-8)12(16)10-6-9(14)2-3-11(10)13/h2-3,6,8H,4-5,7,14H2,1H3. The molecule has 2 rings (SSSR count). The minimum absolute atomic E-state index is 0.0727. The van der Waals surface area contributed by atoms with Gasteiger partial charge in [-0.2, -0.15) is 0 Å². The average Bonchev–Trinajstić information content (AvgIpc) is 2.67. The maximum absolute atomic E-state index is 12.2. The van der Waals surface area contributed by atoms with Crippen molar-refractivity contribution in [1.29, 1.82) is 0 Å². The van der Waals surface area contributed by atoms with Crippen LogP contribution in [0.1, 0.15) is 23.7 Å². The third-order valence-corrected chi connectivity index (χ3v) is 3.62. The van der Waals surface area contributed by atoms with E-state index >= 15 is 0 Å². The van der Waals surface area contributed by atoms with Gasteiger partial charge in [0.1, 0.15) is 0 Å². The molecule has 0 spiro atoms. The Hall–Kier alpha value is -1.03. The lowest BCUT2D eigenvalue weighted by Gasteiger charge is -2.17. The summed E-state index contributed by atoms with van der Waals surface area (Å²) < 4.78 is 0.811. The van der Waals surface area contributed by atoms with Crippen LogP contribution < -0.4 is 5.73 Å². The third-order valence-electron chi connectivity index (χ3n) is 2.93. The highest BCUT2D eigenvalue weighted by atomic mass is 79.9. The molecule has 0 bridgehead atoms. The second-order valence-electron chi connectivity index (χ2n) is 4.38. The van der Waals surface area contributed by atoms with Crippen LogP contribution in [0.3, 0.4) is 0 Å². The molecule has 1 atom stereocenters. The summed E-state index contributed by atoms with van der Waals surface area (Å²) in [5, 5.41) is 0. The molecular weight excluding hydrogens is 268 g/mol. The van der Waals surface area contributed by atoms with Crippen LogP contribution >= 0.6 is 15.9 Å². The number of hydrogen-bond donors (Lipinski definition) is 1. The number of rotatable bonds is 1. The first kappa shape index (κ1) is 11.5. The molecule has 86 valence electrons. The molecule has 3 nitrogen and oxygen atoms in total. The van der Waals surface area contributed by atoms with Crippen molar-refractivity contribution in [3.63, 3.8) is 0 Å². The summed E-state index contributed by atoms with van der Waals surface area (Å²) in [6.45, 7) is 3.86. The van der Waals surface area contributed by atoms with Crippen molar-refractivity contribution in [3.05, 3.63) is 28.2 Å². The van der Waals surface area contributed by atoms with Crippen molar-refractivity contribution in [1.82, 2.24) is 4.90 Å². The molecule has 1 unspecified atom stereocenters. The van der Waals surface area contributed by atoms with Crippen molar-refractivity contribution in [3.8, 4) is 0 Å². The second-order valence-corrected chi connectivity index (χ2v) is 5.24. The minimum Gasteiger partial charge on any atom is -0.399 e. The summed E-state index contributed by atoms with van der Waals surface area (Å²) in [6.07, 6.45) is 1.09. The van der Waals surface area contributed by atoms with E-state index in [1.165, 1.54) is 0 Å². The molecule has 0 aromatic heterocycles. The maximum Gasteiger partial charge on any atom is 0.255 e. The van der Waals surface area contributed by atoms with Crippen LogP contribution in [0.5, 0.6) is 0 Å². The number of nitrogens with two attached hydrogens (primary N) is 1. The Balaban J connectivity index is 2.23. The molecule has 1 aliphatic rings. The van der Waals surface area contributed by atoms with Gasteiger partial charge in [0.05, 0.1) is 5.56 Å². The summed E-state index contributed by atoms with van der Waals surface area (Å²) in [5.74, 6) is 0.673. The van der Waals surface area contributed by atoms with Gasteiger partial charge in [0, 0.05) is 23.2 Å². The molecule has 4 heteroatoms. The predicted octanol–water partition coefficient (Wildman–Crippen LogP) is 2.51. The normalized spacial score (nSPS) is 20.1. The van der Waals surface area contributed by atoms with Gasteiger partial charge in [-0.05, 0) is 46.5 Å². The highest BCUT2D eigenvalue weighted by Crippen LogP contribution is 2.24. The van der Waals surface area contributed by atoms with E-state index in [4.69, 9.17) is 5.73 Å². The summed E-state index contributed by atoms with van der Waals surface area (Å²) in [6, 6.07) is 5.34. The van der Waals surface area contributed by atoms with Crippen LogP contribution in [0.25, 0.3) is 0 Å². The van der Waals surface area contributed by atoms with E-state index < -0.39 is 0 Å². The number of anilines is 1. The fourth-order valence-electron chi connectivity index (χ4n) is 2.00. The molecule has 0 radical (unpaired) electrons. The lowest BCUT2D eigenvalue weighted by Crippen LogP contribution is -2.28. The molecular formula is C12H15BrN2O. The third kappa shape index (κ3) is 2.21. The van der Waals surface area contributed by atoms with E-state index in [1.54, 1.807) is 12.1 Å². The first-order chi connectivity index (χ1) is 7.58. The van der Waals surface area contributed by atoms with Gasteiger partial charge in [-0.25, -0.2) is 0 Å². The minimum atomic E-state index is 0.0727. The fourth-order valence-corrected chi connectivity index (χ4v) is 2.41. The molecule has 2 N–H and O–H groups in total. The molecule has 1 saturated heterocycles. The van der Waals surface area contributed by atoms with Crippen molar-refractivity contribution >= 4 is 27.5 Å². The highest BCUT2D eigenvalue weighted by Gasteiger charge is 2.25. The Bertz CT molecular complexity index is 419. The molecule has 1 heterocycles. The Morgan fingerprint density at radius 1 is 1.56 bits per heavy atom. The van der Waals surface area contributed by atoms with Crippen LogP contribution in [0.4, 0.5) is 5.69 Å². The average molecular weight is 283 g/mol. The zero-order chi connectivity index (χ0) is 11.7. The van der Waals surface area contributed by atoms with E-state index in [-0.39, 0.29) is 5.91 Å². The molecule has 0 aliphatic carbocycles. The van der Waals surface area contributed by atoms with E-state index in [9.17, 15) is 4.79 Å². The first-order valence-corrected chi connectivity index (χ1v) is 6.21. The van der Waals surface area contributed by atoms with Crippen LogP contribution in [0, 0.1) is 5.92 Å². The molecule has 1 aromatic carbocycles.